The molecule has 0 radical (unpaired) electrons. The van der Waals surface area contributed by atoms with Gasteiger partial charge in [-0.1, -0.05) is 44.2 Å². The number of nitrogens with zero attached hydrogens (tertiary/aromatic N) is 1. The Kier molecular flexibility index (Phi) is 3.83. The predicted molar refractivity (Wildman–Crippen MR) is 82.8 cm³/mol. The molecule has 0 spiro atoms. The maximum absolute atomic E-state index is 4.59. The Hall–Kier alpha value is -1.67. The van der Waals surface area contributed by atoms with Crippen LogP contribution in [0, 0.1) is 0 Å². The predicted octanol–water partition coefficient (Wildman–Crippen LogP) is 3.66. The number of fused-ring (bicyclic) bond motifs is 1. The van der Waals surface area contributed by atoms with E-state index >= 15 is 0 Å². The Bertz CT molecular complexity index is 572. The van der Waals surface area contributed by atoms with Crippen molar-refractivity contribution >= 4 is 0 Å². The Morgan fingerprint density at radius 3 is 2.75 bits per heavy atom. The maximum atomic E-state index is 4.59. The van der Waals surface area contributed by atoms with Crippen LogP contribution in [0.1, 0.15) is 48.6 Å². The molecule has 0 bridgehead atoms. The van der Waals surface area contributed by atoms with Crippen molar-refractivity contribution in [3.8, 4) is 0 Å². The average Bonchev–Trinajstić information content (AvgIpc) is 2.89. The molecule has 1 aliphatic carbocycles. The van der Waals surface area contributed by atoms with Crippen molar-refractivity contribution < 1.29 is 0 Å². The molecule has 20 heavy (non-hydrogen) atoms. The Morgan fingerprint density at radius 1 is 1.20 bits per heavy atom. The Balaban J connectivity index is 1.76. The van der Waals surface area contributed by atoms with Crippen LogP contribution in [-0.2, 0) is 13.0 Å². The zero-order valence-corrected chi connectivity index (χ0v) is 12.3. The zero-order chi connectivity index (χ0) is 13.9. The summed E-state index contributed by atoms with van der Waals surface area (Å²) in [5.41, 5.74) is 5.45. The second-order valence-electron chi connectivity index (χ2n) is 5.92. The van der Waals surface area contributed by atoms with E-state index < -0.39 is 0 Å². The highest BCUT2D eigenvalue weighted by Gasteiger charge is 2.24. The number of rotatable bonds is 4. The van der Waals surface area contributed by atoms with E-state index in [2.05, 4.69) is 54.5 Å². The molecule has 1 N–H and O–H groups in total. The minimum atomic E-state index is 0.485. The number of hydrogen-bond donors (Lipinski definition) is 1. The molecule has 2 aromatic rings. The summed E-state index contributed by atoms with van der Waals surface area (Å²) in [4.78, 5) is 4.59. The van der Waals surface area contributed by atoms with Crippen LogP contribution >= 0.6 is 0 Å². The quantitative estimate of drug-likeness (QED) is 0.913. The van der Waals surface area contributed by atoms with E-state index in [1.54, 1.807) is 0 Å². The first-order valence-electron chi connectivity index (χ1n) is 7.50. The number of nitrogens with one attached hydrogen (secondary N) is 1. The lowest BCUT2D eigenvalue weighted by Crippen LogP contribution is -2.21. The molecule has 0 fully saturated rings. The zero-order valence-electron chi connectivity index (χ0n) is 12.3. The van der Waals surface area contributed by atoms with Crippen LogP contribution in [-0.4, -0.2) is 11.0 Å². The molecule has 2 heteroatoms. The second kappa shape index (κ2) is 5.76. The normalized spacial score (nSPS) is 17.4. The average molecular weight is 266 g/mol. The molecular weight excluding hydrogens is 244 g/mol. The first-order valence-corrected chi connectivity index (χ1v) is 7.50. The summed E-state index contributed by atoms with van der Waals surface area (Å²) >= 11 is 0. The van der Waals surface area contributed by atoms with Crippen LogP contribution < -0.4 is 5.32 Å². The minimum absolute atomic E-state index is 0.485. The highest BCUT2D eigenvalue weighted by Crippen LogP contribution is 2.36. The van der Waals surface area contributed by atoms with Gasteiger partial charge >= 0.3 is 0 Å². The van der Waals surface area contributed by atoms with Gasteiger partial charge in [0.15, 0.2) is 0 Å². The largest absolute Gasteiger partial charge is 0.310 e. The van der Waals surface area contributed by atoms with Gasteiger partial charge in [0.1, 0.15) is 0 Å². The summed E-state index contributed by atoms with van der Waals surface area (Å²) in [6, 6.07) is 13.8. The van der Waals surface area contributed by atoms with Crippen molar-refractivity contribution in [2.24, 2.45) is 0 Å². The fraction of sp³-hybridized carbons (Fsp3) is 0.389. The fourth-order valence-corrected chi connectivity index (χ4v) is 2.93. The van der Waals surface area contributed by atoms with Crippen LogP contribution in [0.25, 0.3) is 0 Å². The summed E-state index contributed by atoms with van der Waals surface area (Å²) in [5.74, 6) is 0.485. The minimum Gasteiger partial charge on any atom is -0.310 e. The highest BCUT2D eigenvalue weighted by molar-refractivity contribution is 5.38. The third-order valence-electron chi connectivity index (χ3n) is 4.06. The van der Waals surface area contributed by atoms with E-state index in [-0.39, 0.29) is 0 Å². The number of aryl methyl sites for hydroxylation is 1. The third-order valence-corrected chi connectivity index (χ3v) is 4.06. The standard InChI is InChI=1S/C18H22N2/c1-13(2)20-12-14-5-7-15(8-6-14)17-10-9-16-4-3-11-19-18(16)17/h3-8,11,13,17,20H,9-10,12H2,1-2H3. The first-order chi connectivity index (χ1) is 9.74. The second-order valence-corrected chi connectivity index (χ2v) is 5.92. The number of benzene rings is 1. The molecule has 0 amide bonds. The molecule has 1 unspecified atom stereocenters. The number of aromatic nitrogens is 1. The molecule has 2 nitrogen and oxygen atoms in total. The van der Waals surface area contributed by atoms with Gasteiger partial charge in [-0.25, -0.2) is 0 Å². The molecular formula is C18H22N2. The van der Waals surface area contributed by atoms with Gasteiger partial charge in [-0.15, -0.1) is 0 Å². The number of pyridine rings is 1. The van der Waals surface area contributed by atoms with Crippen LogP contribution in [0.4, 0.5) is 0 Å². The van der Waals surface area contributed by atoms with Gasteiger partial charge in [0.25, 0.3) is 0 Å². The van der Waals surface area contributed by atoms with Gasteiger partial charge in [-0.3, -0.25) is 4.98 Å². The molecule has 1 heterocycles. The molecule has 3 rings (SSSR count). The molecule has 104 valence electrons. The lowest BCUT2D eigenvalue weighted by molar-refractivity contribution is 0.588. The summed E-state index contributed by atoms with van der Waals surface area (Å²) in [7, 11) is 0. The monoisotopic (exact) mass is 266 g/mol. The summed E-state index contributed by atoms with van der Waals surface area (Å²) in [5, 5.41) is 3.45. The first kappa shape index (κ1) is 13.3. The highest BCUT2D eigenvalue weighted by atomic mass is 14.9. The van der Waals surface area contributed by atoms with Gasteiger partial charge in [0.2, 0.25) is 0 Å². The van der Waals surface area contributed by atoms with Crippen molar-refractivity contribution in [2.75, 3.05) is 0 Å². The van der Waals surface area contributed by atoms with Crippen LogP contribution in [0.2, 0.25) is 0 Å². The van der Waals surface area contributed by atoms with Crippen molar-refractivity contribution in [3.05, 3.63) is 65.0 Å². The fourth-order valence-electron chi connectivity index (χ4n) is 2.93. The molecule has 1 aromatic carbocycles. The van der Waals surface area contributed by atoms with E-state index in [0.717, 1.165) is 13.0 Å². The van der Waals surface area contributed by atoms with Crippen LogP contribution in [0.15, 0.2) is 42.6 Å². The van der Waals surface area contributed by atoms with Gasteiger partial charge in [0.05, 0.1) is 5.69 Å². The van der Waals surface area contributed by atoms with E-state index in [4.69, 9.17) is 0 Å². The molecule has 1 atom stereocenters. The third kappa shape index (κ3) is 2.75. The van der Waals surface area contributed by atoms with Gasteiger partial charge in [-0.05, 0) is 35.6 Å². The van der Waals surface area contributed by atoms with Gasteiger partial charge in [-0.2, -0.15) is 0 Å². The lowest BCUT2D eigenvalue weighted by atomic mass is 9.95. The van der Waals surface area contributed by atoms with Crippen LogP contribution in [0.5, 0.6) is 0 Å². The van der Waals surface area contributed by atoms with E-state index in [1.165, 1.54) is 28.8 Å². The molecule has 1 aromatic heterocycles. The van der Waals surface area contributed by atoms with E-state index in [1.807, 2.05) is 12.3 Å². The SMILES string of the molecule is CC(C)NCc1ccc(C2CCc3cccnc32)cc1. The Labute approximate surface area is 121 Å². The van der Waals surface area contributed by atoms with Crippen molar-refractivity contribution in [1.82, 2.24) is 10.3 Å². The molecule has 0 aliphatic heterocycles. The molecule has 0 saturated carbocycles. The maximum Gasteiger partial charge on any atom is 0.0510 e. The van der Waals surface area contributed by atoms with Crippen molar-refractivity contribution in [1.29, 1.82) is 0 Å². The number of hydrogen-bond acceptors (Lipinski definition) is 2. The lowest BCUT2D eigenvalue weighted by Gasteiger charge is -2.13. The summed E-state index contributed by atoms with van der Waals surface area (Å²) in [6.45, 7) is 5.29. The van der Waals surface area contributed by atoms with Crippen LogP contribution in [0.3, 0.4) is 0 Å². The smallest absolute Gasteiger partial charge is 0.0510 e. The molecule has 0 saturated heterocycles. The Morgan fingerprint density at radius 2 is 2.00 bits per heavy atom. The van der Waals surface area contributed by atoms with Gasteiger partial charge in [0, 0.05) is 24.7 Å². The van der Waals surface area contributed by atoms with E-state index in [9.17, 15) is 0 Å². The van der Waals surface area contributed by atoms with E-state index in [0.29, 0.717) is 12.0 Å². The van der Waals surface area contributed by atoms with Crippen molar-refractivity contribution in [3.63, 3.8) is 0 Å². The topological polar surface area (TPSA) is 24.9 Å². The van der Waals surface area contributed by atoms with Gasteiger partial charge < -0.3 is 5.32 Å². The van der Waals surface area contributed by atoms with Crippen molar-refractivity contribution in [2.45, 2.75) is 45.2 Å². The summed E-state index contributed by atoms with van der Waals surface area (Å²) < 4.78 is 0. The molecule has 1 aliphatic rings. The summed E-state index contributed by atoms with van der Waals surface area (Å²) in [6.07, 6.45) is 4.26.